The van der Waals surface area contributed by atoms with Crippen molar-refractivity contribution >= 4 is 5.69 Å². The van der Waals surface area contributed by atoms with Crippen molar-refractivity contribution < 1.29 is 14.2 Å². The molecule has 1 aliphatic heterocycles. The lowest BCUT2D eigenvalue weighted by atomic mass is 9.90. The van der Waals surface area contributed by atoms with Crippen LogP contribution < -0.4 is 4.90 Å². The van der Waals surface area contributed by atoms with Gasteiger partial charge in [0, 0.05) is 45.0 Å². The normalized spacial score (nSPS) is 30.1. The van der Waals surface area contributed by atoms with Gasteiger partial charge < -0.3 is 14.7 Å². The van der Waals surface area contributed by atoms with Crippen LogP contribution >= 0.6 is 0 Å². The lowest BCUT2D eigenvalue weighted by molar-refractivity contribution is -0.00274. The fraction of sp³-hybridized carbons (Fsp3) is 0.714. The molecule has 2 bridgehead atoms. The number of hydrogen-bond acceptors (Lipinski definition) is 4. The first-order valence-corrected chi connectivity index (χ1v) is 10.2. The van der Waals surface area contributed by atoms with Crippen LogP contribution in [-0.2, 0) is 4.74 Å². The molecule has 2 saturated carbocycles. The molecule has 26 heavy (non-hydrogen) atoms. The molecule has 1 aromatic carbocycles. The molecule has 5 heteroatoms. The molecule has 0 spiro atoms. The summed E-state index contributed by atoms with van der Waals surface area (Å²) < 4.78 is 18.9. The standard InChI is InChI=1S/C21H31FN2O2/c22-19-3-5-20(6-4-19)24-9-7-23(8-10-24)13-21(25)15-26-14-18-12-16-1-2-17(18)11-16/h3-6,16-18,21,25H,1-2,7-15H2/t16-,17-,18+,21-/m0/s1. The van der Waals surface area contributed by atoms with Crippen molar-refractivity contribution in [1.29, 1.82) is 0 Å². The topological polar surface area (TPSA) is 35.9 Å². The Morgan fingerprint density at radius 1 is 1.08 bits per heavy atom. The number of hydrogen-bond donors (Lipinski definition) is 1. The molecule has 0 radical (unpaired) electrons. The highest BCUT2D eigenvalue weighted by Crippen LogP contribution is 2.48. The second-order valence-corrected chi connectivity index (χ2v) is 8.39. The highest BCUT2D eigenvalue weighted by atomic mass is 19.1. The Bertz CT molecular complexity index is 574. The van der Waals surface area contributed by atoms with Crippen LogP contribution in [0.1, 0.15) is 25.7 Å². The Balaban J connectivity index is 1.13. The molecule has 3 aliphatic rings. The van der Waals surface area contributed by atoms with E-state index in [4.69, 9.17) is 4.74 Å². The summed E-state index contributed by atoms with van der Waals surface area (Å²) in [5, 5.41) is 10.3. The first-order valence-electron chi connectivity index (χ1n) is 10.2. The van der Waals surface area contributed by atoms with Gasteiger partial charge in [0.2, 0.25) is 0 Å². The van der Waals surface area contributed by atoms with E-state index >= 15 is 0 Å². The largest absolute Gasteiger partial charge is 0.389 e. The van der Waals surface area contributed by atoms with Crippen LogP contribution in [0.4, 0.5) is 10.1 Å². The SMILES string of the molecule is O[C@H](COC[C@H]1C[C@H]2CC[C@H]1C2)CN1CCN(c2ccc(F)cc2)CC1. The van der Waals surface area contributed by atoms with Crippen molar-refractivity contribution in [2.75, 3.05) is 50.8 Å². The second kappa shape index (κ2) is 8.24. The second-order valence-electron chi connectivity index (χ2n) is 8.39. The minimum absolute atomic E-state index is 0.194. The van der Waals surface area contributed by atoms with Gasteiger partial charge in [-0.05, 0) is 61.3 Å². The van der Waals surface area contributed by atoms with Gasteiger partial charge in [-0.1, -0.05) is 6.42 Å². The molecular weight excluding hydrogens is 331 g/mol. The molecule has 0 aromatic heterocycles. The van der Waals surface area contributed by atoms with Crippen molar-refractivity contribution in [3.05, 3.63) is 30.1 Å². The third-order valence-corrected chi connectivity index (χ3v) is 6.56. The molecule has 0 unspecified atom stereocenters. The number of ether oxygens (including phenoxy) is 1. The molecular formula is C21H31FN2O2. The number of benzene rings is 1. The van der Waals surface area contributed by atoms with E-state index in [2.05, 4.69) is 9.80 Å². The zero-order valence-corrected chi connectivity index (χ0v) is 15.5. The molecule has 4 nitrogen and oxygen atoms in total. The Labute approximate surface area is 155 Å². The third kappa shape index (κ3) is 4.38. The fourth-order valence-corrected chi connectivity index (χ4v) is 5.13. The molecule has 3 fully saturated rings. The van der Waals surface area contributed by atoms with Gasteiger partial charge in [0.15, 0.2) is 0 Å². The Morgan fingerprint density at radius 3 is 2.50 bits per heavy atom. The number of piperazine rings is 1. The quantitative estimate of drug-likeness (QED) is 0.809. The summed E-state index contributed by atoms with van der Waals surface area (Å²) in [4.78, 5) is 4.57. The van der Waals surface area contributed by atoms with Crippen molar-refractivity contribution in [3.63, 3.8) is 0 Å². The summed E-state index contributed by atoms with van der Waals surface area (Å²) in [5.74, 6) is 2.38. The predicted octanol–water partition coefficient (Wildman–Crippen LogP) is 2.76. The van der Waals surface area contributed by atoms with E-state index in [0.29, 0.717) is 13.2 Å². The molecule has 4 atom stereocenters. The number of rotatable bonds is 7. The van der Waals surface area contributed by atoms with Gasteiger partial charge in [-0.3, -0.25) is 4.90 Å². The van der Waals surface area contributed by atoms with Gasteiger partial charge in [-0.15, -0.1) is 0 Å². The van der Waals surface area contributed by atoms with E-state index in [1.807, 2.05) is 12.1 Å². The monoisotopic (exact) mass is 362 g/mol. The highest BCUT2D eigenvalue weighted by molar-refractivity contribution is 5.46. The first kappa shape index (κ1) is 18.2. The van der Waals surface area contributed by atoms with E-state index in [-0.39, 0.29) is 5.82 Å². The van der Waals surface area contributed by atoms with Gasteiger partial charge in [0.05, 0.1) is 12.7 Å². The van der Waals surface area contributed by atoms with Crippen LogP contribution in [0.3, 0.4) is 0 Å². The van der Waals surface area contributed by atoms with Gasteiger partial charge >= 0.3 is 0 Å². The van der Waals surface area contributed by atoms with Gasteiger partial charge in [-0.2, -0.15) is 0 Å². The maximum atomic E-state index is 13.0. The average Bonchev–Trinajstić information content (AvgIpc) is 3.26. The zero-order chi connectivity index (χ0) is 17.9. The number of β-amino-alcohol motifs (C(OH)–C–C–N with tert-alkyl or cyclic N) is 1. The summed E-state index contributed by atoms with van der Waals surface area (Å²) in [5.41, 5.74) is 1.07. The van der Waals surface area contributed by atoms with Gasteiger partial charge in [-0.25, -0.2) is 4.39 Å². The predicted molar refractivity (Wildman–Crippen MR) is 101 cm³/mol. The Morgan fingerprint density at radius 2 is 1.85 bits per heavy atom. The summed E-state index contributed by atoms with van der Waals surface area (Å²) in [7, 11) is 0. The van der Waals surface area contributed by atoms with E-state index < -0.39 is 6.10 Å². The van der Waals surface area contributed by atoms with Crippen LogP contribution in [0.5, 0.6) is 0 Å². The van der Waals surface area contributed by atoms with Crippen molar-refractivity contribution in [3.8, 4) is 0 Å². The Hall–Kier alpha value is -1.17. The van der Waals surface area contributed by atoms with Crippen LogP contribution in [-0.4, -0.2) is 62.0 Å². The molecule has 1 N–H and O–H groups in total. The molecule has 0 amide bonds. The van der Waals surface area contributed by atoms with Crippen molar-refractivity contribution in [2.24, 2.45) is 17.8 Å². The maximum Gasteiger partial charge on any atom is 0.123 e. The lowest BCUT2D eigenvalue weighted by Gasteiger charge is -2.37. The van der Waals surface area contributed by atoms with E-state index in [9.17, 15) is 9.50 Å². The van der Waals surface area contributed by atoms with Crippen molar-refractivity contribution in [2.45, 2.75) is 31.8 Å². The summed E-state index contributed by atoms with van der Waals surface area (Å²) >= 11 is 0. The third-order valence-electron chi connectivity index (χ3n) is 6.56. The highest BCUT2D eigenvalue weighted by Gasteiger charge is 2.39. The van der Waals surface area contributed by atoms with Crippen LogP contribution in [0, 0.1) is 23.6 Å². The zero-order valence-electron chi connectivity index (χ0n) is 15.5. The molecule has 1 saturated heterocycles. The van der Waals surface area contributed by atoms with Crippen molar-refractivity contribution in [1.82, 2.24) is 4.90 Å². The molecule has 144 valence electrons. The smallest absolute Gasteiger partial charge is 0.123 e. The first-order chi connectivity index (χ1) is 12.7. The Kier molecular flexibility index (Phi) is 5.77. The molecule has 1 aromatic rings. The van der Waals surface area contributed by atoms with Gasteiger partial charge in [0.1, 0.15) is 5.82 Å². The van der Waals surface area contributed by atoms with E-state index in [0.717, 1.165) is 56.2 Å². The molecule has 2 aliphatic carbocycles. The number of aliphatic hydroxyl groups excluding tert-OH is 1. The number of halogens is 1. The minimum atomic E-state index is -0.411. The van der Waals surface area contributed by atoms with Crippen LogP contribution in [0.25, 0.3) is 0 Å². The molecule has 4 rings (SSSR count). The number of nitrogens with zero attached hydrogens (tertiary/aromatic N) is 2. The van der Waals surface area contributed by atoms with Crippen LogP contribution in [0.2, 0.25) is 0 Å². The minimum Gasteiger partial charge on any atom is -0.389 e. The number of fused-ring (bicyclic) bond motifs is 2. The fourth-order valence-electron chi connectivity index (χ4n) is 5.13. The molecule has 1 heterocycles. The van der Waals surface area contributed by atoms with Gasteiger partial charge in [0.25, 0.3) is 0 Å². The summed E-state index contributed by atoms with van der Waals surface area (Å²) in [6, 6.07) is 6.70. The van der Waals surface area contributed by atoms with E-state index in [1.54, 1.807) is 0 Å². The summed E-state index contributed by atoms with van der Waals surface area (Å²) in [6.45, 7) is 5.60. The number of anilines is 1. The number of aliphatic hydroxyl groups is 1. The maximum absolute atomic E-state index is 13.0. The lowest BCUT2D eigenvalue weighted by Crippen LogP contribution is -2.49. The summed E-state index contributed by atoms with van der Waals surface area (Å²) in [6.07, 6.45) is 5.15. The van der Waals surface area contributed by atoms with Crippen LogP contribution in [0.15, 0.2) is 24.3 Å². The average molecular weight is 362 g/mol. The van der Waals surface area contributed by atoms with E-state index in [1.165, 1.54) is 37.8 Å².